The van der Waals surface area contributed by atoms with E-state index in [0.717, 1.165) is 37.0 Å². The number of nitrogens with one attached hydrogen (secondary N) is 1. The molecular weight excluding hydrogens is 516 g/mol. The molecule has 0 aromatic carbocycles. The van der Waals surface area contributed by atoms with Crippen LogP contribution in [0.3, 0.4) is 0 Å². The van der Waals surface area contributed by atoms with Crippen LogP contribution in [0.25, 0.3) is 11.0 Å². The van der Waals surface area contributed by atoms with Crippen molar-refractivity contribution in [1.29, 1.82) is 0 Å². The second-order valence-electron chi connectivity index (χ2n) is 12.1. The summed E-state index contributed by atoms with van der Waals surface area (Å²) in [5, 5.41) is 3.42. The fourth-order valence-electron chi connectivity index (χ4n) is 5.55. The molecule has 4 aliphatic rings. The molecule has 3 saturated heterocycles. The lowest BCUT2D eigenvalue weighted by Crippen LogP contribution is -2.52. The van der Waals surface area contributed by atoms with Gasteiger partial charge in [0.1, 0.15) is 11.2 Å². The van der Waals surface area contributed by atoms with Crippen LogP contribution >= 0.6 is 0 Å². The van der Waals surface area contributed by atoms with Crippen LogP contribution in [0.2, 0.25) is 0 Å². The van der Waals surface area contributed by atoms with E-state index in [4.69, 9.17) is 19.2 Å². The molecule has 1 aliphatic carbocycles. The van der Waals surface area contributed by atoms with E-state index in [1.54, 1.807) is 16.0 Å². The first kappa shape index (κ1) is 27.0. The van der Waals surface area contributed by atoms with Crippen molar-refractivity contribution in [2.24, 2.45) is 0 Å². The topological polar surface area (TPSA) is 118 Å². The van der Waals surface area contributed by atoms with E-state index < -0.39 is 11.6 Å². The number of piperazine rings is 1. The smallest absolute Gasteiger partial charge is 0.410 e. The predicted octanol–water partition coefficient (Wildman–Crippen LogP) is 2.83. The Hall–Kier alpha value is -3.22. The van der Waals surface area contributed by atoms with Crippen molar-refractivity contribution in [3.8, 4) is 0 Å². The van der Waals surface area contributed by atoms with E-state index >= 15 is 0 Å². The summed E-state index contributed by atoms with van der Waals surface area (Å²) in [7, 11) is 0. The van der Waals surface area contributed by atoms with Crippen LogP contribution in [-0.4, -0.2) is 102 Å². The van der Waals surface area contributed by atoms with E-state index in [9.17, 15) is 14.4 Å². The number of pyridine rings is 1. The van der Waals surface area contributed by atoms with Crippen molar-refractivity contribution in [3.05, 3.63) is 24.0 Å². The van der Waals surface area contributed by atoms with Gasteiger partial charge in [0.25, 0.3) is 0 Å². The highest BCUT2D eigenvalue weighted by atomic mass is 16.7. The van der Waals surface area contributed by atoms with Crippen molar-refractivity contribution >= 4 is 34.8 Å². The summed E-state index contributed by atoms with van der Waals surface area (Å²) >= 11 is 0. The molecule has 4 amide bonds. The molecule has 5 heterocycles. The summed E-state index contributed by atoms with van der Waals surface area (Å²) in [6.45, 7) is 10.4. The van der Waals surface area contributed by atoms with E-state index in [-0.39, 0.29) is 30.8 Å². The summed E-state index contributed by atoms with van der Waals surface area (Å²) in [5.74, 6) is 0.244. The zero-order chi connectivity index (χ0) is 28.0. The minimum atomic E-state index is -0.498. The van der Waals surface area contributed by atoms with Crippen LogP contribution in [0, 0.1) is 0 Å². The molecule has 6 rings (SSSR count). The van der Waals surface area contributed by atoms with Gasteiger partial charge in [0, 0.05) is 57.3 Å². The first-order valence-electron chi connectivity index (χ1n) is 14.2. The number of fused-ring (bicyclic) bond motifs is 1. The Morgan fingerprint density at radius 3 is 2.48 bits per heavy atom. The number of aromatic nitrogens is 2. The van der Waals surface area contributed by atoms with Crippen LogP contribution in [0.5, 0.6) is 0 Å². The summed E-state index contributed by atoms with van der Waals surface area (Å²) < 4.78 is 20.0. The van der Waals surface area contributed by atoms with Crippen LogP contribution in [0.1, 0.15) is 57.6 Å². The largest absolute Gasteiger partial charge is 0.444 e. The Balaban J connectivity index is 1.07. The van der Waals surface area contributed by atoms with Crippen molar-refractivity contribution in [2.75, 3.05) is 57.4 Å². The number of anilines is 1. The highest BCUT2D eigenvalue weighted by Crippen LogP contribution is 2.45. The molecule has 3 aliphatic heterocycles. The number of ether oxygens (including phenoxy) is 3. The normalized spacial score (nSPS) is 24.9. The third-order valence-corrected chi connectivity index (χ3v) is 7.84. The average molecular weight is 555 g/mol. The molecule has 4 fully saturated rings. The van der Waals surface area contributed by atoms with Crippen LogP contribution in [0.4, 0.5) is 15.3 Å². The number of imide groups is 1. The van der Waals surface area contributed by atoms with Crippen LogP contribution in [0.15, 0.2) is 18.5 Å². The Bertz CT molecular complexity index is 1280. The average Bonchev–Trinajstić information content (AvgIpc) is 3.69. The van der Waals surface area contributed by atoms with Crippen LogP contribution in [-0.2, 0) is 19.0 Å². The van der Waals surface area contributed by atoms with Crippen molar-refractivity contribution in [1.82, 2.24) is 24.7 Å². The number of amides is 4. The number of hydrogen-bond donors (Lipinski definition) is 1. The predicted molar refractivity (Wildman–Crippen MR) is 146 cm³/mol. The van der Waals surface area contributed by atoms with Crippen molar-refractivity contribution in [2.45, 2.75) is 63.9 Å². The number of nitrogens with zero attached hydrogens (tertiary/aromatic N) is 5. The lowest BCUT2D eigenvalue weighted by molar-refractivity contribution is -0.204. The summed E-state index contributed by atoms with van der Waals surface area (Å²) in [6.07, 6.45) is 5.85. The molecule has 1 N–H and O–H groups in total. The molecule has 0 unspecified atom stereocenters. The molecular formula is C28H38N6O6. The van der Waals surface area contributed by atoms with Crippen molar-refractivity contribution in [3.63, 3.8) is 0 Å². The molecule has 12 heteroatoms. The fraction of sp³-hybridized carbons (Fsp3) is 0.643. The van der Waals surface area contributed by atoms with Crippen LogP contribution < -0.4 is 10.2 Å². The molecule has 0 bridgehead atoms. The lowest BCUT2D eigenvalue weighted by Gasteiger charge is -2.38. The van der Waals surface area contributed by atoms with Gasteiger partial charge in [0.05, 0.1) is 31.1 Å². The molecule has 0 atom stereocenters. The van der Waals surface area contributed by atoms with Gasteiger partial charge in [-0.15, -0.1) is 0 Å². The zero-order valence-corrected chi connectivity index (χ0v) is 23.4. The van der Waals surface area contributed by atoms with Gasteiger partial charge in [-0.05, 0) is 51.2 Å². The van der Waals surface area contributed by atoms with Gasteiger partial charge in [-0.1, -0.05) is 0 Å². The standard InChI is InChI=1S/C28H38N6O6/c1-28(2,3)40-27(37)32-10-8-31(9-11-32)15-24-38-16-20(17-39-24)34-14-22(18-4-5-18)21-12-19(13-29-25(21)34)33-7-6-23(35)30-26(33)36/h12-14,18,20,24H,4-11,15-17H2,1-3H3,(H,30,35,36). The molecule has 40 heavy (non-hydrogen) atoms. The van der Waals surface area contributed by atoms with Gasteiger partial charge in [0.2, 0.25) is 5.91 Å². The Morgan fingerprint density at radius 1 is 1.10 bits per heavy atom. The maximum atomic E-state index is 12.4. The minimum Gasteiger partial charge on any atom is -0.444 e. The molecule has 216 valence electrons. The van der Waals surface area contributed by atoms with Gasteiger partial charge >= 0.3 is 12.1 Å². The fourth-order valence-corrected chi connectivity index (χ4v) is 5.55. The quantitative estimate of drug-likeness (QED) is 0.600. The molecule has 1 saturated carbocycles. The van der Waals surface area contributed by atoms with E-state index in [1.165, 1.54) is 5.56 Å². The third kappa shape index (κ3) is 5.79. The number of hydrogen-bond acceptors (Lipinski definition) is 8. The zero-order valence-electron chi connectivity index (χ0n) is 23.4. The second kappa shape index (κ2) is 10.6. The first-order valence-corrected chi connectivity index (χ1v) is 14.2. The molecule has 2 aromatic rings. The van der Waals surface area contributed by atoms with Gasteiger partial charge in [-0.2, -0.15) is 0 Å². The summed E-state index contributed by atoms with van der Waals surface area (Å²) in [5.41, 5.74) is 2.29. The molecule has 2 aromatic heterocycles. The van der Waals surface area contributed by atoms with Gasteiger partial charge < -0.3 is 23.7 Å². The van der Waals surface area contributed by atoms with Gasteiger partial charge in [-0.3, -0.25) is 19.9 Å². The lowest BCUT2D eigenvalue weighted by atomic mass is 10.1. The van der Waals surface area contributed by atoms with Gasteiger partial charge in [0.15, 0.2) is 6.29 Å². The first-order chi connectivity index (χ1) is 19.1. The van der Waals surface area contributed by atoms with E-state index in [2.05, 4.69) is 21.0 Å². The van der Waals surface area contributed by atoms with E-state index in [0.29, 0.717) is 51.0 Å². The Morgan fingerprint density at radius 2 is 1.82 bits per heavy atom. The SMILES string of the molecule is CC(C)(C)OC(=O)N1CCN(CC2OCC(n3cc(C4CC4)c4cc(N5CCC(=O)NC5=O)cnc43)CO2)CC1. The molecule has 0 spiro atoms. The number of urea groups is 1. The Kier molecular flexibility index (Phi) is 7.18. The monoisotopic (exact) mass is 554 g/mol. The molecule has 0 radical (unpaired) electrons. The number of carbonyl (C=O) groups excluding carboxylic acids is 3. The number of carbonyl (C=O) groups is 3. The summed E-state index contributed by atoms with van der Waals surface area (Å²) in [4.78, 5) is 46.7. The summed E-state index contributed by atoms with van der Waals surface area (Å²) in [6, 6.07) is 1.60. The minimum absolute atomic E-state index is 0.00970. The maximum Gasteiger partial charge on any atom is 0.410 e. The number of rotatable bonds is 5. The maximum absolute atomic E-state index is 12.4. The second-order valence-corrected chi connectivity index (χ2v) is 12.1. The third-order valence-electron chi connectivity index (χ3n) is 7.84. The Labute approximate surface area is 233 Å². The van der Waals surface area contributed by atoms with Gasteiger partial charge in [-0.25, -0.2) is 14.6 Å². The highest BCUT2D eigenvalue weighted by Gasteiger charge is 2.33. The molecule has 12 nitrogen and oxygen atoms in total. The van der Waals surface area contributed by atoms with E-state index in [1.807, 2.05) is 26.8 Å². The highest BCUT2D eigenvalue weighted by molar-refractivity contribution is 6.06. The van der Waals surface area contributed by atoms with Crippen molar-refractivity contribution < 1.29 is 28.6 Å².